The summed E-state index contributed by atoms with van der Waals surface area (Å²) in [5, 5.41) is 4.10. The Labute approximate surface area is 75.1 Å². The number of nitrogens with one attached hydrogen (secondary N) is 1. The minimum atomic E-state index is 0.827. The van der Waals surface area contributed by atoms with Gasteiger partial charge in [-0.2, -0.15) is 0 Å². The molecule has 3 heteroatoms. The molecule has 2 rings (SSSR count). The average Bonchev–Trinajstić information content (AvgIpc) is 2.04. The van der Waals surface area contributed by atoms with Crippen molar-refractivity contribution in [1.82, 2.24) is 5.32 Å². The van der Waals surface area contributed by atoms with Gasteiger partial charge in [-0.1, -0.05) is 11.6 Å². The highest BCUT2D eigenvalue weighted by Gasteiger charge is 2.07. The molecule has 0 radical (unpaired) electrons. The number of benzene rings is 1. The summed E-state index contributed by atoms with van der Waals surface area (Å²) in [7, 11) is 0. The molecule has 0 atom stereocenters. The Kier molecular flexibility index (Phi) is 2.07. The van der Waals surface area contributed by atoms with E-state index in [4.69, 9.17) is 11.6 Å². The fourth-order valence-electron chi connectivity index (χ4n) is 1.14. The quantitative estimate of drug-likeness (QED) is 0.667. The Morgan fingerprint density at radius 2 is 2.36 bits per heavy atom. The lowest BCUT2D eigenvalue weighted by Crippen LogP contribution is -2.17. The van der Waals surface area contributed by atoms with Crippen molar-refractivity contribution in [2.24, 2.45) is 0 Å². The lowest BCUT2D eigenvalue weighted by atomic mass is 10.2. The molecule has 1 aliphatic heterocycles. The van der Waals surface area contributed by atoms with Crippen LogP contribution in [-0.4, -0.2) is 5.88 Å². The Bertz CT molecular complexity index is 275. The van der Waals surface area contributed by atoms with Crippen LogP contribution in [0.15, 0.2) is 23.1 Å². The van der Waals surface area contributed by atoms with Gasteiger partial charge in [0.15, 0.2) is 0 Å². The van der Waals surface area contributed by atoms with E-state index in [1.807, 2.05) is 23.9 Å². The molecule has 1 aromatic carbocycles. The van der Waals surface area contributed by atoms with Gasteiger partial charge in [0.1, 0.15) is 0 Å². The van der Waals surface area contributed by atoms with Crippen molar-refractivity contribution < 1.29 is 0 Å². The molecule has 0 spiro atoms. The summed E-state index contributed by atoms with van der Waals surface area (Å²) < 4.78 is 0. The smallest absolute Gasteiger partial charge is 0.0468 e. The van der Waals surface area contributed by atoms with Gasteiger partial charge in [0.05, 0.1) is 0 Å². The molecule has 1 heterocycles. The Hall–Kier alpha value is -0.180. The molecule has 11 heavy (non-hydrogen) atoms. The molecule has 1 aliphatic rings. The fourth-order valence-corrected chi connectivity index (χ4v) is 2.18. The number of hydrogen-bond donors (Lipinski definition) is 1. The van der Waals surface area contributed by atoms with Crippen LogP contribution >= 0.6 is 23.4 Å². The van der Waals surface area contributed by atoms with Crippen LogP contribution in [-0.2, 0) is 6.54 Å². The van der Waals surface area contributed by atoms with E-state index >= 15 is 0 Å². The zero-order valence-corrected chi connectivity index (χ0v) is 7.50. The van der Waals surface area contributed by atoms with Crippen LogP contribution < -0.4 is 5.32 Å². The van der Waals surface area contributed by atoms with Crippen LogP contribution in [0.3, 0.4) is 0 Å². The molecule has 0 bridgehead atoms. The van der Waals surface area contributed by atoms with Crippen LogP contribution in [0.1, 0.15) is 5.56 Å². The van der Waals surface area contributed by atoms with Gasteiger partial charge >= 0.3 is 0 Å². The predicted molar refractivity (Wildman–Crippen MR) is 49.0 cm³/mol. The van der Waals surface area contributed by atoms with Crippen molar-refractivity contribution in [3.05, 3.63) is 28.8 Å². The molecule has 0 aromatic heterocycles. The van der Waals surface area contributed by atoms with Crippen molar-refractivity contribution in [2.75, 3.05) is 5.88 Å². The Balaban J connectivity index is 2.43. The number of rotatable bonds is 0. The maximum Gasteiger partial charge on any atom is 0.0468 e. The third-order valence-electron chi connectivity index (χ3n) is 1.67. The van der Waals surface area contributed by atoms with Crippen molar-refractivity contribution >= 4 is 23.4 Å². The average molecular weight is 186 g/mol. The first-order valence-electron chi connectivity index (χ1n) is 3.48. The lowest BCUT2D eigenvalue weighted by Gasteiger charge is -2.15. The van der Waals surface area contributed by atoms with E-state index in [2.05, 4.69) is 11.4 Å². The molecule has 1 N–H and O–H groups in total. The van der Waals surface area contributed by atoms with Gasteiger partial charge in [0.25, 0.3) is 0 Å². The SMILES string of the molecule is Clc1ccc2c(c1)CNCS2. The predicted octanol–water partition coefficient (Wildman–Crippen LogP) is 2.49. The van der Waals surface area contributed by atoms with E-state index in [-0.39, 0.29) is 0 Å². The van der Waals surface area contributed by atoms with E-state index in [1.54, 1.807) is 0 Å². The van der Waals surface area contributed by atoms with Crippen molar-refractivity contribution in [3.8, 4) is 0 Å². The Morgan fingerprint density at radius 3 is 3.27 bits per heavy atom. The molecule has 1 aromatic rings. The first-order valence-corrected chi connectivity index (χ1v) is 4.84. The van der Waals surface area contributed by atoms with Gasteiger partial charge in [-0.15, -0.1) is 11.8 Å². The summed E-state index contributed by atoms with van der Waals surface area (Å²) in [4.78, 5) is 1.35. The fraction of sp³-hybridized carbons (Fsp3) is 0.250. The normalized spacial score (nSPS) is 16.1. The van der Waals surface area contributed by atoms with Gasteiger partial charge in [-0.05, 0) is 23.8 Å². The van der Waals surface area contributed by atoms with E-state index in [0.717, 1.165) is 17.4 Å². The van der Waals surface area contributed by atoms with E-state index in [0.29, 0.717) is 0 Å². The van der Waals surface area contributed by atoms with Gasteiger partial charge in [0, 0.05) is 22.3 Å². The monoisotopic (exact) mass is 185 g/mol. The first-order chi connectivity index (χ1) is 5.36. The van der Waals surface area contributed by atoms with Crippen molar-refractivity contribution in [2.45, 2.75) is 11.4 Å². The topological polar surface area (TPSA) is 12.0 Å². The van der Waals surface area contributed by atoms with Gasteiger partial charge in [-0.25, -0.2) is 0 Å². The number of thioether (sulfide) groups is 1. The second-order valence-corrected chi connectivity index (χ2v) is 3.92. The number of halogens is 1. The lowest BCUT2D eigenvalue weighted by molar-refractivity contribution is 0.766. The first kappa shape index (κ1) is 7.47. The standard InChI is InChI=1S/C8H8ClNS/c9-7-1-2-8-6(3-7)4-10-5-11-8/h1-3,10H,4-5H2. The highest BCUT2D eigenvalue weighted by molar-refractivity contribution is 7.99. The van der Waals surface area contributed by atoms with Gasteiger partial charge < -0.3 is 5.32 Å². The van der Waals surface area contributed by atoms with Gasteiger partial charge in [0.2, 0.25) is 0 Å². The maximum atomic E-state index is 5.84. The maximum absolute atomic E-state index is 5.84. The summed E-state index contributed by atoms with van der Waals surface area (Å²) in [6.07, 6.45) is 0. The summed E-state index contributed by atoms with van der Waals surface area (Å²) in [5.41, 5.74) is 1.31. The second-order valence-electron chi connectivity index (χ2n) is 2.47. The van der Waals surface area contributed by atoms with Crippen LogP contribution in [0.5, 0.6) is 0 Å². The third kappa shape index (κ3) is 1.53. The second kappa shape index (κ2) is 3.05. The number of hydrogen-bond acceptors (Lipinski definition) is 2. The Morgan fingerprint density at radius 1 is 1.45 bits per heavy atom. The zero-order chi connectivity index (χ0) is 7.68. The molecule has 58 valence electrons. The van der Waals surface area contributed by atoms with Crippen molar-refractivity contribution in [3.63, 3.8) is 0 Å². The highest BCUT2D eigenvalue weighted by atomic mass is 35.5. The zero-order valence-electron chi connectivity index (χ0n) is 5.93. The molecular formula is C8H8ClNS. The molecule has 1 nitrogen and oxygen atoms in total. The highest BCUT2D eigenvalue weighted by Crippen LogP contribution is 2.27. The van der Waals surface area contributed by atoms with Crippen LogP contribution in [0.4, 0.5) is 0 Å². The van der Waals surface area contributed by atoms with Crippen LogP contribution in [0.25, 0.3) is 0 Å². The molecule has 0 saturated carbocycles. The van der Waals surface area contributed by atoms with E-state index in [9.17, 15) is 0 Å². The summed E-state index contributed by atoms with van der Waals surface area (Å²) in [6, 6.07) is 6.05. The van der Waals surface area contributed by atoms with E-state index in [1.165, 1.54) is 10.5 Å². The summed E-state index contributed by atoms with van der Waals surface area (Å²) in [5.74, 6) is 1.01. The minimum Gasteiger partial charge on any atom is -0.303 e. The number of fused-ring (bicyclic) bond motifs is 1. The van der Waals surface area contributed by atoms with Crippen LogP contribution in [0.2, 0.25) is 5.02 Å². The summed E-state index contributed by atoms with van der Waals surface area (Å²) in [6.45, 7) is 0.947. The van der Waals surface area contributed by atoms with Gasteiger partial charge in [-0.3, -0.25) is 0 Å². The third-order valence-corrected chi connectivity index (χ3v) is 2.96. The molecular weight excluding hydrogens is 178 g/mol. The molecule has 0 amide bonds. The van der Waals surface area contributed by atoms with E-state index < -0.39 is 0 Å². The minimum absolute atomic E-state index is 0.827. The molecule has 0 fully saturated rings. The molecule has 0 unspecified atom stereocenters. The van der Waals surface area contributed by atoms with Crippen LogP contribution in [0, 0.1) is 0 Å². The molecule has 0 aliphatic carbocycles. The summed E-state index contributed by atoms with van der Waals surface area (Å²) >= 11 is 7.67. The molecule has 0 saturated heterocycles. The van der Waals surface area contributed by atoms with Crippen molar-refractivity contribution in [1.29, 1.82) is 0 Å². The largest absolute Gasteiger partial charge is 0.303 e.